The molecule has 0 saturated carbocycles. The molecule has 0 aromatic heterocycles. The average Bonchev–Trinajstić information content (AvgIpc) is 2.77. The molecule has 0 bridgehead atoms. The second-order valence-electron chi connectivity index (χ2n) is 5.73. The molecule has 1 saturated heterocycles. The quantitative estimate of drug-likeness (QED) is 0.779. The number of amides is 1. The van der Waals surface area contributed by atoms with Crippen molar-refractivity contribution >= 4 is 21.4 Å². The highest BCUT2D eigenvalue weighted by atomic mass is 32.2. The van der Waals surface area contributed by atoms with Crippen molar-refractivity contribution in [1.82, 2.24) is 5.32 Å². The van der Waals surface area contributed by atoms with Gasteiger partial charge in [0, 0.05) is 18.3 Å². The summed E-state index contributed by atoms with van der Waals surface area (Å²) in [4.78, 5) is 13.9. The smallest absolute Gasteiger partial charge is 0.239 e. The van der Waals surface area contributed by atoms with Crippen LogP contribution < -0.4 is 10.2 Å². The number of anilines is 1. The lowest BCUT2D eigenvalue weighted by molar-refractivity contribution is -0.120. The fourth-order valence-electron chi connectivity index (χ4n) is 2.57. The van der Waals surface area contributed by atoms with Gasteiger partial charge in [-0.2, -0.15) is 0 Å². The van der Waals surface area contributed by atoms with Crippen molar-refractivity contribution in [3.05, 3.63) is 30.3 Å². The minimum absolute atomic E-state index is 0.0144. The standard InChI is InChI=1S/C15H22N2O4S/c1-12(18)9-17(14-5-3-2-4-6-14)10-15(19)16-13-7-8-22(20,21)11-13/h2-6,12-13,18H,7-11H2,1H3,(H,16,19)/t12-,13-/m0/s1. The summed E-state index contributed by atoms with van der Waals surface area (Å²) in [6.45, 7) is 2.09. The monoisotopic (exact) mass is 326 g/mol. The van der Waals surface area contributed by atoms with Crippen LogP contribution in [-0.2, 0) is 14.6 Å². The molecular formula is C15H22N2O4S. The van der Waals surface area contributed by atoms with Crippen molar-refractivity contribution in [3.63, 3.8) is 0 Å². The van der Waals surface area contributed by atoms with Gasteiger partial charge in [0.1, 0.15) is 0 Å². The molecule has 1 aromatic carbocycles. The van der Waals surface area contributed by atoms with Crippen molar-refractivity contribution in [3.8, 4) is 0 Å². The molecule has 0 aliphatic carbocycles. The van der Waals surface area contributed by atoms with Crippen LogP contribution in [0.2, 0.25) is 0 Å². The van der Waals surface area contributed by atoms with Gasteiger partial charge in [0.05, 0.1) is 24.2 Å². The van der Waals surface area contributed by atoms with Gasteiger partial charge >= 0.3 is 0 Å². The Hall–Kier alpha value is -1.60. The number of nitrogens with zero attached hydrogens (tertiary/aromatic N) is 1. The summed E-state index contributed by atoms with van der Waals surface area (Å²) in [5.74, 6) is -0.0827. The molecule has 6 nitrogen and oxygen atoms in total. The number of hydrogen-bond donors (Lipinski definition) is 2. The van der Waals surface area contributed by atoms with Crippen LogP contribution in [0.3, 0.4) is 0 Å². The van der Waals surface area contributed by atoms with E-state index in [2.05, 4.69) is 5.32 Å². The van der Waals surface area contributed by atoms with Crippen molar-refractivity contribution in [2.45, 2.75) is 25.5 Å². The van der Waals surface area contributed by atoms with Crippen LogP contribution in [0.25, 0.3) is 0 Å². The molecule has 1 fully saturated rings. The number of benzene rings is 1. The minimum Gasteiger partial charge on any atom is -0.392 e. The van der Waals surface area contributed by atoms with Gasteiger partial charge < -0.3 is 15.3 Å². The summed E-state index contributed by atoms with van der Waals surface area (Å²) < 4.78 is 22.8. The molecule has 0 spiro atoms. The van der Waals surface area contributed by atoms with E-state index in [4.69, 9.17) is 0 Å². The fraction of sp³-hybridized carbons (Fsp3) is 0.533. The van der Waals surface area contributed by atoms with Crippen LogP contribution in [0.15, 0.2) is 30.3 Å². The molecular weight excluding hydrogens is 304 g/mol. The first-order valence-corrected chi connectivity index (χ1v) is 9.16. The van der Waals surface area contributed by atoms with E-state index in [0.29, 0.717) is 13.0 Å². The summed E-state index contributed by atoms with van der Waals surface area (Å²) in [7, 11) is -3.01. The van der Waals surface area contributed by atoms with Crippen LogP contribution in [-0.4, -0.2) is 56.2 Å². The maximum absolute atomic E-state index is 12.1. The van der Waals surface area contributed by atoms with Gasteiger partial charge in [0.15, 0.2) is 9.84 Å². The zero-order chi connectivity index (χ0) is 16.2. The second-order valence-corrected chi connectivity index (χ2v) is 7.96. The zero-order valence-electron chi connectivity index (χ0n) is 12.6. The SMILES string of the molecule is C[C@H](O)CN(CC(=O)N[C@H]1CCS(=O)(=O)C1)c1ccccc1. The summed E-state index contributed by atoms with van der Waals surface area (Å²) >= 11 is 0. The largest absolute Gasteiger partial charge is 0.392 e. The third-order valence-corrected chi connectivity index (χ3v) is 5.31. The van der Waals surface area contributed by atoms with E-state index in [1.807, 2.05) is 30.3 Å². The Morgan fingerprint density at radius 3 is 2.64 bits per heavy atom. The van der Waals surface area contributed by atoms with Gasteiger partial charge in [-0.3, -0.25) is 4.79 Å². The van der Waals surface area contributed by atoms with Gasteiger partial charge in [-0.05, 0) is 25.5 Å². The summed E-state index contributed by atoms with van der Waals surface area (Å²) in [6.07, 6.45) is -0.102. The Labute approximate surface area is 131 Å². The molecule has 1 aliphatic heterocycles. The molecule has 0 unspecified atom stereocenters. The molecule has 1 amide bonds. The molecule has 22 heavy (non-hydrogen) atoms. The third-order valence-electron chi connectivity index (χ3n) is 3.54. The molecule has 2 N–H and O–H groups in total. The maximum atomic E-state index is 12.1. The second kappa shape index (κ2) is 7.11. The molecule has 122 valence electrons. The lowest BCUT2D eigenvalue weighted by atomic mass is 10.2. The van der Waals surface area contributed by atoms with E-state index < -0.39 is 15.9 Å². The number of sulfone groups is 1. The highest BCUT2D eigenvalue weighted by Gasteiger charge is 2.29. The first-order valence-electron chi connectivity index (χ1n) is 7.33. The Morgan fingerprint density at radius 1 is 1.41 bits per heavy atom. The van der Waals surface area contributed by atoms with Crippen LogP contribution >= 0.6 is 0 Å². The van der Waals surface area contributed by atoms with E-state index >= 15 is 0 Å². The number of aliphatic hydroxyl groups excluding tert-OH is 1. The number of carbonyl (C=O) groups is 1. The third kappa shape index (κ3) is 4.99. The van der Waals surface area contributed by atoms with Gasteiger partial charge in [-0.15, -0.1) is 0 Å². The van der Waals surface area contributed by atoms with Gasteiger partial charge in [0.2, 0.25) is 5.91 Å². The Kier molecular flexibility index (Phi) is 5.42. The molecule has 1 aromatic rings. The van der Waals surface area contributed by atoms with Gasteiger partial charge in [0.25, 0.3) is 0 Å². The predicted octanol–water partition coefficient (Wildman–Crippen LogP) is 0.177. The Morgan fingerprint density at radius 2 is 2.09 bits per heavy atom. The number of para-hydroxylation sites is 1. The van der Waals surface area contributed by atoms with Crippen molar-refractivity contribution in [2.24, 2.45) is 0 Å². The van der Waals surface area contributed by atoms with E-state index in [9.17, 15) is 18.3 Å². The zero-order valence-corrected chi connectivity index (χ0v) is 13.4. The molecule has 7 heteroatoms. The number of rotatable bonds is 6. The van der Waals surface area contributed by atoms with Crippen molar-refractivity contribution < 1.29 is 18.3 Å². The highest BCUT2D eigenvalue weighted by molar-refractivity contribution is 7.91. The van der Waals surface area contributed by atoms with Crippen LogP contribution in [0.4, 0.5) is 5.69 Å². The summed E-state index contributed by atoms with van der Waals surface area (Å²) in [6, 6.07) is 9.05. The van der Waals surface area contributed by atoms with E-state index in [1.54, 1.807) is 11.8 Å². The first-order chi connectivity index (χ1) is 10.4. The number of nitrogens with one attached hydrogen (secondary N) is 1. The van der Waals surface area contributed by atoms with Crippen LogP contribution in [0.5, 0.6) is 0 Å². The van der Waals surface area contributed by atoms with Crippen molar-refractivity contribution in [2.75, 3.05) is 29.5 Å². The lowest BCUT2D eigenvalue weighted by Gasteiger charge is -2.26. The maximum Gasteiger partial charge on any atom is 0.239 e. The lowest BCUT2D eigenvalue weighted by Crippen LogP contribution is -2.44. The van der Waals surface area contributed by atoms with Crippen LogP contribution in [0.1, 0.15) is 13.3 Å². The van der Waals surface area contributed by atoms with E-state index in [0.717, 1.165) is 5.69 Å². The van der Waals surface area contributed by atoms with Crippen LogP contribution in [0, 0.1) is 0 Å². The number of aliphatic hydroxyl groups is 1. The van der Waals surface area contributed by atoms with Crippen molar-refractivity contribution in [1.29, 1.82) is 0 Å². The molecule has 0 radical (unpaired) electrons. The molecule has 2 atom stereocenters. The highest BCUT2D eigenvalue weighted by Crippen LogP contribution is 2.14. The molecule has 1 aliphatic rings. The van der Waals surface area contributed by atoms with Gasteiger partial charge in [-0.25, -0.2) is 8.42 Å². The Bertz CT molecular complexity index is 601. The Balaban J connectivity index is 1.97. The number of carbonyl (C=O) groups excluding carboxylic acids is 1. The molecule has 2 rings (SSSR count). The first kappa shape index (κ1) is 16.8. The average molecular weight is 326 g/mol. The fourth-order valence-corrected chi connectivity index (χ4v) is 4.25. The number of hydrogen-bond acceptors (Lipinski definition) is 5. The normalized spacial score (nSPS) is 21.3. The predicted molar refractivity (Wildman–Crippen MR) is 85.5 cm³/mol. The minimum atomic E-state index is -3.01. The van der Waals surface area contributed by atoms with Gasteiger partial charge in [-0.1, -0.05) is 18.2 Å². The summed E-state index contributed by atoms with van der Waals surface area (Å²) in [5, 5.41) is 12.4. The van der Waals surface area contributed by atoms with E-state index in [1.165, 1.54) is 0 Å². The topological polar surface area (TPSA) is 86.7 Å². The van der Waals surface area contributed by atoms with E-state index in [-0.39, 0.29) is 30.0 Å². The summed E-state index contributed by atoms with van der Waals surface area (Å²) in [5.41, 5.74) is 0.845. The molecule has 1 heterocycles.